The van der Waals surface area contributed by atoms with E-state index in [-0.39, 0.29) is 0 Å². The zero-order valence-corrected chi connectivity index (χ0v) is 29.5. The molecule has 0 radical (unpaired) electrons. The Kier molecular flexibility index (Phi) is 7.20. The molecule has 51 heavy (non-hydrogen) atoms. The zero-order valence-electron chi connectivity index (χ0n) is 27.8. The fraction of sp³-hybridized carbons (Fsp3) is 0. The van der Waals surface area contributed by atoms with Gasteiger partial charge in [-0.05, 0) is 35.4 Å². The number of hydrogen-bond donors (Lipinski definition) is 0. The molecule has 0 saturated carbocycles. The number of aromatic nitrogens is 1. The molecule has 0 aliphatic heterocycles. The predicted octanol–water partition coefficient (Wildman–Crippen LogP) is 13.0. The van der Waals surface area contributed by atoms with E-state index in [4.69, 9.17) is 0 Å². The molecule has 8 aromatic carbocycles. The maximum atomic E-state index is 2.38. The van der Waals surface area contributed by atoms with Crippen molar-refractivity contribution < 1.29 is 0 Å². The minimum atomic E-state index is 0.384. The molecule has 0 spiro atoms. The Morgan fingerprint density at radius 2 is 0.843 bits per heavy atom. The summed E-state index contributed by atoms with van der Waals surface area (Å²) in [5.41, 5.74) is 11.8. The van der Waals surface area contributed by atoms with Crippen molar-refractivity contribution in [2.24, 2.45) is 0 Å². The second kappa shape index (κ2) is 12.3. The minimum absolute atomic E-state index is 0.384. The van der Waals surface area contributed by atoms with Gasteiger partial charge in [-0.2, -0.15) is 0 Å². The first-order chi connectivity index (χ1) is 25.3. The summed E-state index contributed by atoms with van der Waals surface area (Å²) >= 11 is 0.384. The fourth-order valence-corrected chi connectivity index (χ4v) is 9.82. The van der Waals surface area contributed by atoms with Crippen molar-refractivity contribution >= 4 is 72.7 Å². The van der Waals surface area contributed by atoms with Gasteiger partial charge < -0.3 is 4.57 Å². The summed E-state index contributed by atoms with van der Waals surface area (Å²) in [6.45, 7) is 0. The summed E-state index contributed by atoms with van der Waals surface area (Å²) < 4.78 is 5.33. The molecule has 0 atom stereocenters. The summed E-state index contributed by atoms with van der Waals surface area (Å²) in [5, 5.41) is 5.31. The van der Waals surface area contributed by atoms with Crippen LogP contribution >= 0.6 is 0 Å². The van der Waals surface area contributed by atoms with Gasteiger partial charge >= 0.3 is 182 Å². The summed E-state index contributed by atoms with van der Waals surface area (Å²) in [5.74, 6) is 0. The molecule has 240 valence electrons. The summed E-state index contributed by atoms with van der Waals surface area (Å²) in [6.07, 6.45) is 0. The van der Waals surface area contributed by atoms with Crippen molar-refractivity contribution in [3.63, 3.8) is 0 Å². The van der Waals surface area contributed by atoms with Crippen molar-refractivity contribution in [3.05, 3.63) is 194 Å². The Hall–Kier alpha value is -6.12. The van der Waals surface area contributed by atoms with Gasteiger partial charge in [-0.15, -0.1) is 0 Å². The van der Waals surface area contributed by atoms with E-state index in [0.29, 0.717) is 14.5 Å². The molecule has 0 bridgehead atoms. The predicted molar refractivity (Wildman–Crippen MR) is 218 cm³/mol. The number of benzene rings is 8. The Morgan fingerprint density at radius 1 is 0.333 bits per heavy atom. The van der Waals surface area contributed by atoms with Crippen LogP contribution in [0.1, 0.15) is 0 Å². The first-order valence-corrected chi connectivity index (χ1v) is 19.1. The molecule has 10 rings (SSSR count). The Morgan fingerprint density at radius 3 is 1.57 bits per heavy atom. The zero-order chi connectivity index (χ0) is 33.7. The molecule has 0 unspecified atom stereocenters. The number of nitrogens with zero attached hydrogens (tertiary/aromatic N) is 2. The summed E-state index contributed by atoms with van der Waals surface area (Å²) in [6, 6.07) is 70.7. The van der Waals surface area contributed by atoms with Crippen LogP contribution in [0.4, 0.5) is 17.1 Å². The van der Waals surface area contributed by atoms with Crippen molar-refractivity contribution in [2.75, 3.05) is 4.90 Å². The second-order valence-electron chi connectivity index (χ2n) is 13.0. The van der Waals surface area contributed by atoms with Gasteiger partial charge in [-0.3, -0.25) is 0 Å². The number of para-hydroxylation sites is 3. The van der Waals surface area contributed by atoms with Crippen LogP contribution in [0.25, 0.3) is 69.0 Å². The Bertz CT molecular complexity index is 2830. The van der Waals surface area contributed by atoms with E-state index in [1.165, 1.54) is 69.0 Å². The van der Waals surface area contributed by atoms with Crippen molar-refractivity contribution in [1.82, 2.24) is 4.57 Å². The first-order valence-electron chi connectivity index (χ1n) is 17.3. The molecule has 0 aliphatic rings. The Labute approximate surface area is 302 Å². The van der Waals surface area contributed by atoms with Gasteiger partial charge in [-0.25, -0.2) is 0 Å². The van der Waals surface area contributed by atoms with Gasteiger partial charge in [0.25, 0.3) is 0 Å². The van der Waals surface area contributed by atoms with Gasteiger partial charge in [-0.1, -0.05) is 54.6 Å². The van der Waals surface area contributed by atoms with E-state index in [0.717, 1.165) is 17.1 Å². The SMILES string of the molecule is c1ccc(N(c2ccc(-c3ccc4[se]c5ccccc5c4c3)cc2)c2ccc(-c3ccc4c5ccccc5n(-c5ccccc5)c4c3)cc2)cc1. The van der Waals surface area contributed by atoms with E-state index in [9.17, 15) is 0 Å². The van der Waals surface area contributed by atoms with Crippen LogP contribution in [-0.4, -0.2) is 19.1 Å². The van der Waals surface area contributed by atoms with Crippen LogP contribution in [0.2, 0.25) is 0 Å². The molecule has 0 N–H and O–H groups in total. The molecule has 0 fully saturated rings. The number of hydrogen-bond acceptors (Lipinski definition) is 1. The van der Waals surface area contributed by atoms with E-state index >= 15 is 0 Å². The first kappa shape index (κ1) is 29.8. The molecular weight excluding hydrogens is 684 g/mol. The average molecular weight is 716 g/mol. The molecule has 0 saturated heterocycles. The van der Waals surface area contributed by atoms with Crippen LogP contribution in [0, 0.1) is 0 Å². The van der Waals surface area contributed by atoms with Crippen LogP contribution in [-0.2, 0) is 0 Å². The molecule has 2 heterocycles. The quantitative estimate of drug-likeness (QED) is 0.156. The van der Waals surface area contributed by atoms with Crippen LogP contribution < -0.4 is 4.90 Å². The van der Waals surface area contributed by atoms with Gasteiger partial charge in [0.2, 0.25) is 0 Å². The average Bonchev–Trinajstić information content (AvgIpc) is 3.74. The van der Waals surface area contributed by atoms with E-state index < -0.39 is 0 Å². The maximum absolute atomic E-state index is 2.38. The second-order valence-corrected chi connectivity index (χ2v) is 15.3. The third kappa shape index (κ3) is 5.18. The van der Waals surface area contributed by atoms with E-state index in [1.807, 2.05) is 0 Å². The normalized spacial score (nSPS) is 11.5. The summed E-state index contributed by atoms with van der Waals surface area (Å²) in [4.78, 5) is 2.34. The van der Waals surface area contributed by atoms with Gasteiger partial charge in [0.1, 0.15) is 0 Å². The molecule has 0 amide bonds. The monoisotopic (exact) mass is 716 g/mol. The van der Waals surface area contributed by atoms with Gasteiger partial charge in [0.05, 0.1) is 11.0 Å². The van der Waals surface area contributed by atoms with Gasteiger partial charge in [0.15, 0.2) is 0 Å². The van der Waals surface area contributed by atoms with E-state index in [1.54, 1.807) is 0 Å². The van der Waals surface area contributed by atoms with E-state index in [2.05, 4.69) is 204 Å². The van der Waals surface area contributed by atoms with Crippen LogP contribution in [0.3, 0.4) is 0 Å². The molecule has 2 aromatic heterocycles. The molecule has 3 heteroatoms. The van der Waals surface area contributed by atoms with Crippen LogP contribution in [0.5, 0.6) is 0 Å². The molecular formula is C48H32N2Se. The standard InChI is InChI=1S/C48H32N2Se/c1-3-11-37(12-4-1)49(39-25-19-33(20-26-39)35-24-30-48-44(31-35)43-16-8-10-18-47(43)51-48)40-27-21-34(22-28-40)36-23-29-42-41-15-7-9-17-45(41)50(46(42)32-36)38-13-5-2-6-14-38/h1-32H. The van der Waals surface area contributed by atoms with Crippen molar-refractivity contribution in [2.45, 2.75) is 0 Å². The third-order valence-electron chi connectivity index (χ3n) is 10.00. The number of rotatable bonds is 6. The topological polar surface area (TPSA) is 8.17 Å². The molecule has 10 aromatic rings. The Balaban J connectivity index is 1.02. The van der Waals surface area contributed by atoms with Crippen molar-refractivity contribution in [3.8, 4) is 27.9 Å². The molecule has 2 nitrogen and oxygen atoms in total. The van der Waals surface area contributed by atoms with Crippen LogP contribution in [0.15, 0.2) is 194 Å². The summed E-state index contributed by atoms with van der Waals surface area (Å²) in [7, 11) is 0. The van der Waals surface area contributed by atoms with Gasteiger partial charge in [0, 0.05) is 16.5 Å². The number of fused-ring (bicyclic) bond motifs is 6. The third-order valence-corrected chi connectivity index (χ3v) is 12.4. The fourth-order valence-electron chi connectivity index (χ4n) is 7.54. The number of anilines is 3. The molecule has 0 aliphatic carbocycles. The van der Waals surface area contributed by atoms with Crippen molar-refractivity contribution in [1.29, 1.82) is 0 Å².